The third-order valence-electron chi connectivity index (χ3n) is 6.00. The summed E-state index contributed by atoms with van der Waals surface area (Å²) in [5.41, 5.74) is 0.933. The lowest BCUT2D eigenvalue weighted by Gasteiger charge is -2.24. The lowest BCUT2D eigenvalue weighted by atomic mass is 10.1. The second-order valence-electron chi connectivity index (χ2n) is 8.82. The van der Waals surface area contributed by atoms with Crippen molar-refractivity contribution >= 4 is 39.2 Å². The molecule has 3 aromatic carbocycles. The van der Waals surface area contributed by atoms with E-state index in [1.54, 1.807) is 36.4 Å². The van der Waals surface area contributed by atoms with Crippen LogP contribution in [0.5, 0.6) is 5.75 Å². The summed E-state index contributed by atoms with van der Waals surface area (Å²) in [6, 6.07) is 14.5. The molecule has 0 spiro atoms. The number of alkyl halides is 1. The molecule has 1 saturated heterocycles. The Morgan fingerprint density at radius 1 is 1.03 bits per heavy atom. The zero-order valence-electron chi connectivity index (χ0n) is 19.9. The van der Waals surface area contributed by atoms with Crippen LogP contribution in [0.1, 0.15) is 17.5 Å². The Hall–Kier alpha value is -3.53. The molecule has 3 amide bonds. The normalized spacial score (nSPS) is 16.9. The van der Waals surface area contributed by atoms with E-state index in [0.717, 1.165) is 17.7 Å². The van der Waals surface area contributed by atoms with E-state index in [-0.39, 0.29) is 30.8 Å². The summed E-state index contributed by atoms with van der Waals surface area (Å²) in [7, 11) is 0. The Bertz CT molecular complexity index is 1290. The molecule has 194 valence electrons. The van der Waals surface area contributed by atoms with Crippen LogP contribution in [0.2, 0.25) is 0 Å². The van der Waals surface area contributed by atoms with E-state index in [1.165, 1.54) is 4.90 Å². The zero-order valence-corrected chi connectivity index (χ0v) is 21.5. The van der Waals surface area contributed by atoms with Gasteiger partial charge in [-0.05, 0) is 53.2 Å². The molecule has 2 N–H and O–H groups in total. The summed E-state index contributed by atoms with van der Waals surface area (Å²) in [6.45, 7) is 1.89. The molecule has 0 radical (unpaired) electrons. The molecule has 4 rings (SSSR count). The molecule has 0 bridgehead atoms. The average molecular weight is 576 g/mol. The monoisotopic (exact) mass is 575 g/mol. The van der Waals surface area contributed by atoms with E-state index < -0.39 is 42.2 Å². The number of carbonyl (C=O) groups is 2. The Kier molecular flexibility index (Phi) is 8.38. The van der Waals surface area contributed by atoms with Crippen molar-refractivity contribution in [2.75, 3.05) is 23.8 Å². The number of nitrogens with one attached hydrogen (secondary N) is 2. The number of nitrogens with zero attached hydrogens (tertiary/aromatic N) is 1. The van der Waals surface area contributed by atoms with Crippen LogP contribution >= 0.6 is 15.9 Å². The van der Waals surface area contributed by atoms with Crippen LogP contribution in [0.4, 0.5) is 29.3 Å². The van der Waals surface area contributed by atoms with Gasteiger partial charge >= 0.3 is 6.03 Å². The molecule has 37 heavy (non-hydrogen) atoms. The summed E-state index contributed by atoms with van der Waals surface area (Å²) >= 11 is 3.28. The number of hydrogen-bond donors (Lipinski definition) is 2. The smallest absolute Gasteiger partial charge is 0.323 e. The summed E-state index contributed by atoms with van der Waals surface area (Å²) in [5, 5.41) is 4.79. The van der Waals surface area contributed by atoms with Crippen LogP contribution in [0.15, 0.2) is 65.1 Å². The van der Waals surface area contributed by atoms with Crippen molar-refractivity contribution in [2.45, 2.75) is 32.0 Å². The summed E-state index contributed by atoms with van der Waals surface area (Å²) in [6.07, 6.45) is -1.59. The van der Waals surface area contributed by atoms with Crippen molar-refractivity contribution in [3.63, 3.8) is 0 Å². The number of ether oxygens (including phenoxy) is 1. The minimum absolute atomic E-state index is 0.0849. The number of para-hydroxylation sites is 1. The van der Waals surface area contributed by atoms with Gasteiger partial charge in [-0.2, -0.15) is 0 Å². The Morgan fingerprint density at radius 2 is 1.73 bits per heavy atom. The number of urea groups is 1. The molecule has 3 aromatic rings. The van der Waals surface area contributed by atoms with Gasteiger partial charge in [0, 0.05) is 22.5 Å². The van der Waals surface area contributed by atoms with Gasteiger partial charge in [-0.15, -0.1) is 0 Å². The number of likely N-dealkylation sites (tertiary alicyclic amines) is 1. The topological polar surface area (TPSA) is 70.7 Å². The number of amides is 3. The first-order valence-electron chi connectivity index (χ1n) is 11.6. The van der Waals surface area contributed by atoms with Crippen LogP contribution in [0, 0.1) is 18.6 Å². The fourth-order valence-corrected chi connectivity index (χ4v) is 4.46. The lowest BCUT2D eigenvalue weighted by molar-refractivity contribution is -0.132. The second kappa shape index (κ2) is 11.7. The van der Waals surface area contributed by atoms with Crippen LogP contribution in [-0.4, -0.2) is 42.2 Å². The van der Waals surface area contributed by atoms with E-state index in [0.29, 0.717) is 15.9 Å². The third-order valence-corrected chi connectivity index (χ3v) is 6.69. The number of rotatable bonds is 7. The third kappa shape index (κ3) is 6.82. The zero-order chi connectivity index (χ0) is 26.5. The molecule has 1 fully saturated rings. The highest BCUT2D eigenvalue weighted by atomic mass is 79.9. The predicted octanol–water partition coefficient (Wildman–Crippen LogP) is 6.24. The molecule has 10 heteroatoms. The quantitative estimate of drug-likeness (QED) is 0.350. The maximum Gasteiger partial charge on any atom is 0.323 e. The number of carbonyl (C=O) groups excluding carboxylic acids is 2. The van der Waals surface area contributed by atoms with E-state index in [9.17, 15) is 22.8 Å². The van der Waals surface area contributed by atoms with Crippen molar-refractivity contribution in [3.05, 3.63) is 87.9 Å². The van der Waals surface area contributed by atoms with E-state index in [4.69, 9.17) is 4.74 Å². The van der Waals surface area contributed by atoms with Gasteiger partial charge in [-0.3, -0.25) is 4.79 Å². The number of hydrogen-bond acceptors (Lipinski definition) is 3. The molecule has 2 atom stereocenters. The summed E-state index contributed by atoms with van der Waals surface area (Å²) in [5.74, 6) is -1.71. The molecule has 0 saturated carbocycles. The maximum atomic E-state index is 14.8. The van der Waals surface area contributed by atoms with E-state index >= 15 is 0 Å². The number of anilines is 2. The Morgan fingerprint density at radius 3 is 2.46 bits per heavy atom. The van der Waals surface area contributed by atoms with Crippen molar-refractivity contribution in [1.82, 2.24) is 4.90 Å². The number of halogens is 4. The van der Waals surface area contributed by atoms with Crippen molar-refractivity contribution in [2.24, 2.45) is 0 Å². The van der Waals surface area contributed by atoms with Crippen molar-refractivity contribution in [3.8, 4) is 5.75 Å². The van der Waals surface area contributed by atoms with Crippen LogP contribution in [-0.2, 0) is 11.2 Å². The van der Waals surface area contributed by atoms with Gasteiger partial charge in [-0.25, -0.2) is 18.0 Å². The van der Waals surface area contributed by atoms with Crippen molar-refractivity contribution in [1.29, 1.82) is 0 Å². The molecular weight excluding hydrogens is 551 g/mol. The number of benzene rings is 3. The molecule has 1 aliphatic rings. The standard InChI is InChI=1S/C27H25BrF3N3O3/c1-16-6-8-20(9-7-16)37-15-19-12-18(29)14-34(19)26(35)11-17-10-23(31)25(13-22(17)30)33-27(36)32-24-5-3-2-4-21(24)28/h2-10,13,18-19H,11-12,14-15H2,1H3,(H2,32,33,36). The first-order valence-corrected chi connectivity index (χ1v) is 12.4. The molecule has 1 aliphatic heterocycles. The highest BCUT2D eigenvalue weighted by molar-refractivity contribution is 9.10. The highest BCUT2D eigenvalue weighted by Gasteiger charge is 2.36. The first-order chi connectivity index (χ1) is 17.7. The second-order valence-corrected chi connectivity index (χ2v) is 9.67. The van der Waals surface area contributed by atoms with E-state index in [2.05, 4.69) is 26.6 Å². The Balaban J connectivity index is 1.39. The molecule has 2 unspecified atom stereocenters. The lowest BCUT2D eigenvalue weighted by Crippen LogP contribution is -2.40. The van der Waals surface area contributed by atoms with E-state index in [1.807, 2.05) is 19.1 Å². The Labute approximate surface area is 220 Å². The number of aryl methyl sites for hydroxylation is 1. The molecule has 1 heterocycles. The largest absolute Gasteiger partial charge is 0.491 e. The van der Waals surface area contributed by atoms with Gasteiger partial charge in [0.2, 0.25) is 5.91 Å². The highest BCUT2D eigenvalue weighted by Crippen LogP contribution is 2.26. The van der Waals surface area contributed by atoms with Crippen LogP contribution in [0.25, 0.3) is 0 Å². The SMILES string of the molecule is Cc1ccc(OCC2CC(F)CN2C(=O)Cc2cc(F)c(NC(=O)Nc3ccccc3Br)cc2F)cc1. The summed E-state index contributed by atoms with van der Waals surface area (Å²) in [4.78, 5) is 26.5. The van der Waals surface area contributed by atoms with Crippen molar-refractivity contribution < 1.29 is 27.5 Å². The minimum atomic E-state index is -1.23. The average Bonchev–Trinajstić information content (AvgIpc) is 3.24. The molecule has 0 aliphatic carbocycles. The predicted molar refractivity (Wildman–Crippen MR) is 139 cm³/mol. The van der Waals surface area contributed by atoms with Gasteiger partial charge in [0.1, 0.15) is 30.2 Å². The van der Waals surface area contributed by atoms with Gasteiger partial charge in [0.15, 0.2) is 0 Å². The summed E-state index contributed by atoms with van der Waals surface area (Å²) < 4.78 is 50.0. The molecule has 0 aromatic heterocycles. The van der Waals surface area contributed by atoms with Gasteiger partial charge in [-0.1, -0.05) is 29.8 Å². The van der Waals surface area contributed by atoms with Gasteiger partial charge in [0.05, 0.1) is 30.4 Å². The fourth-order valence-electron chi connectivity index (χ4n) is 4.07. The van der Waals surface area contributed by atoms with Crippen LogP contribution < -0.4 is 15.4 Å². The van der Waals surface area contributed by atoms with Crippen LogP contribution in [0.3, 0.4) is 0 Å². The molecular formula is C27H25BrF3N3O3. The first kappa shape index (κ1) is 26.5. The fraction of sp³-hybridized carbons (Fsp3) is 0.259. The maximum absolute atomic E-state index is 14.8. The van der Waals surface area contributed by atoms with Gasteiger partial charge < -0.3 is 20.3 Å². The van der Waals surface area contributed by atoms with Gasteiger partial charge in [0.25, 0.3) is 0 Å². The molecule has 6 nitrogen and oxygen atoms in total. The minimum Gasteiger partial charge on any atom is -0.491 e.